The minimum atomic E-state index is -1.02. The second-order valence-corrected chi connectivity index (χ2v) is 6.34. The quantitative estimate of drug-likeness (QED) is 0.863. The molecule has 6 nitrogen and oxygen atoms in total. The molecule has 1 atom stereocenters. The fraction of sp³-hybridized carbons (Fsp3) is 0.556. The SMILES string of the molecule is COCC1CCCN(C(=O)c2cc(C)c(OCC(=O)O)c(C)c2)C1. The van der Waals surface area contributed by atoms with Crippen LogP contribution in [-0.4, -0.2) is 55.3 Å². The molecule has 1 aromatic carbocycles. The first-order chi connectivity index (χ1) is 11.4. The number of benzene rings is 1. The largest absolute Gasteiger partial charge is 0.481 e. The molecule has 0 spiro atoms. The van der Waals surface area contributed by atoms with Crippen LogP contribution in [-0.2, 0) is 9.53 Å². The molecule has 132 valence electrons. The van der Waals surface area contributed by atoms with Crippen LogP contribution in [0.3, 0.4) is 0 Å². The summed E-state index contributed by atoms with van der Waals surface area (Å²) >= 11 is 0. The summed E-state index contributed by atoms with van der Waals surface area (Å²) in [5.74, 6) is -0.101. The van der Waals surface area contributed by atoms with Gasteiger partial charge in [0.25, 0.3) is 5.91 Å². The smallest absolute Gasteiger partial charge is 0.341 e. The van der Waals surface area contributed by atoms with Crippen molar-refractivity contribution in [1.29, 1.82) is 0 Å². The number of ether oxygens (including phenoxy) is 2. The maximum absolute atomic E-state index is 12.8. The third-order valence-corrected chi connectivity index (χ3v) is 4.26. The van der Waals surface area contributed by atoms with Gasteiger partial charge in [-0.15, -0.1) is 0 Å². The van der Waals surface area contributed by atoms with Crippen molar-refractivity contribution in [2.24, 2.45) is 5.92 Å². The van der Waals surface area contributed by atoms with Crippen molar-refractivity contribution in [2.45, 2.75) is 26.7 Å². The van der Waals surface area contributed by atoms with Gasteiger partial charge in [-0.25, -0.2) is 4.79 Å². The van der Waals surface area contributed by atoms with Gasteiger partial charge >= 0.3 is 5.97 Å². The number of aliphatic carboxylic acids is 1. The minimum absolute atomic E-state index is 0.00628. The Hall–Kier alpha value is -2.08. The average Bonchev–Trinajstić information content (AvgIpc) is 2.53. The highest BCUT2D eigenvalue weighted by Crippen LogP contribution is 2.26. The van der Waals surface area contributed by atoms with Crippen molar-refractivity contribution in [2.75, 3.05) is 33.4 Å². The second kappa shape index (κ2) is 8.15. The van der Waals surface area contributed by atoms with Crippen LogP contribution in [0, 0.1) is 19.8 Å². The highest BCUT2D eigenvalue weighted by Gasteiger charge is 2.25. The van der Waals surface area contributed by atoms with Gasteiger partial charge in [-0.2, -0.15) is 0 Å². The Balaban J connectivity index is 2.13. The van der Waals surface area contributed by atoms with Crippen molar-refractivity contribution in [3.8, 4) is 5.75 Å². The summed E-state index contributed by atoms with van der Waals surface area (Å²) < 4.78 is 10.5. The molecular formula is C18H25NO5. The van der Waals surface area contributed by atoms with Crippen LogP contribution in [0.4, 0.5) is 0 Å². The van der Waals surface area contributed by atoms with Gasteiger partial charge in [0.1, 0.15) is 5.75 Å². The van der Waals surface area contributed by atoms with E-state index < -0.39 is 5.97 Å². The lowest BCUT2D eigenvalue weighted by Gasteiger charge is -2.32. The first kappa shape index (κ1) is 18.3. The van der Waals surface area contributed by atoms with E-state index in [-0.39, 0.29) is 12.5 Å². The van der Waals surface area contributed by atoms with Crippen molar-refractivity contribution in [3.63, 3.8) is 0 Å². The summed E-state index contributed by atoms with van der Waals surface area (Å²) in [6.45, 7) is 5.40. The highest BCUT2D eigenvalue weighted by atomic mass is 16.5. The molecule has 0 radical (unpaired) electrons. The summed E-state index contributed by atoms with van der Waals surface area (Å²) in [5, 5.41) is 8.74. The summed E-state index contributed by atoms with van der Waals surface area (Å²) in [6, 6.07) is 3.54. The van der Waals surface area contributed by atoms with Gasteiger partial charge in [0.15, 0.2) is 6.61 Å². The van der Waals surface area contributed by atoms with E-state index in [1.807, 2.05) is 18.7 Å². The zero-order chi connectivity index (χ0) is 17.7. The molecule has 1 saturated heterocycles. The van der Waals surface area contributed by atoms with Gasteiger partial charge in [0.2, 0.25) is 0 Å². The molecular weight excluding hydrogens is 310 g/mol. The lowest BCUT2D eigenvalue weighted by molar-refractivity contribution is -0.139. The summed E-state index contributed by atoms with van der Waals surface area (Å²) in [6.07, 6.45) is 2.06. The summed E-state index contributed by atoms with van der Waals surface area (Å²) in [7, 11) is 1.68. The fourth-order valence-corrected chi connectivity index (χ4v) is 3.24. The van der Waals surface area contributed by atoms with Gasteiger partial charge in [-0.05, 0) is 55.9 Å². The van der Waals surface area contributed by atoms with Crippen LogP contribution >= 0.6 is 0 Å². The number of aryl methyl sites for hydroxylation is 2. The van der Waals surface area contributed by atoms with E-state index in [4.69, 9.17) is 14.6 Å². The topological polar surface area (TPSA) is 76.1 Å². The first-order valence-corrected chi connectivity index (χ1v) is 8.16. The fourth-order valence-electron chi connectivity index (χ4n) is 3.24. The number of nitrogens with zero attached hydrogens (tertiary/aromatic N) is 1. The molecule has 1 aliphatic rings. The van der Waals surface area contributed by atoms with Crippen LogP contribution < -0.4 is 4.74 Å². The van der Waals surface area contributed by atoms with Gasteiger partial charge in [0.05, 0.1) is 6.61 Å². The number of likely N-dealkylation sites (tertiary alicyclic amines) is 1. The van der Waals surface area contributed by atoms with E-state index in [1.54, 1.807) is 19.2 Å². The molecule has 1 N–H and O–H groups in total. The van der Waals surface area contributed by atoms with Crippen molar-refractivity contribution in [1.82, 2.24) is 4.90 Å². The van der Waals surface area contributed by atoms with Gasteiger partial charge < -0.3 is 19.5 Å². The van der Waals surface area contributed by atoms with E-state index in [2.05, 4.69) is 0 Å². The second-order valence-electron chi connectivity index (χ2n) is 6.34. The van der Waals surface area contributed by atoms with Crippen molar-refractivity contribution >= 4 is 11.9 Å². The van der Waals surface area contributed by atoms with Crippen molar-refractivity contribution in [3.05, 3.63) is 28.8 Å². The molecule has 0 aliphatic carbocycles. The third-order valence-electron chi connectivity index (χ3n) is 4.26. The van der Waals surface area contributed by atoms with Crippen LogP contribution in [0.5, 0.6) is 5.75 Å². The van der Waals surface area contributed by atoms with Gasteiger partial charge in [0, 0.05) is 25.8 Å². The molecule has 0 saturated carbocycles. The lowest BCUT2D eigenvalue weighted by Crippen LogP contribution is -2.41. The van der Waals surface area contributed by atoms with E-state index in [1.165, 1.54) is 0 Å². The predicted octanol–water partition coefficient (Wildman–Crippen LogP) is 2.27. The van der Waals surface area contributed by atoms with Crippen LogP contribution in [0.15, 0.2) is 12.1 Å². The Labute approximate surface area is 142 Å². The zero-order valence-electron chi connectivity index (χ0n) is 14.5. The average molecular weight is 335 g/mol. The Morgan fingerprint density at radius 3 is 2.54 bits per heavy atom. The van der Waals surface area contributed by atoms with Crippen LogP contribution in [0.2, 0.25) is 0 Å². The molecule has 2 rings (SSSR count). The number of amides is 1. The Kier molecular flexibility index (Phi) is 6.20. The Morgan fingerprint density at radius 2 is 1.96 bits per heavy atom. The maximum Gasteiger partial charge on any atom is 0.341 e. The molecule has 6 heteroatoms. The van der Waals surface area contributed by atoms with Crippen LogP contribution in [0.1, 0.15) is 34.3 Å². The van der Waals surface area contributed by atoms with Crippen molar-refractivity contribution < 1.29 is 24.2 Å². The predicted molar refractivity (Wildman–Crippen MR) is 89.6 cm³/mol. The zero-order valence-corrected chi connectivity index (χ0v) is 14.5. The van der Waals surface area contributed by atoms with Crippen LogP contribution in [0.25, 0.3) is 0 Å². The molecule has 1 aromatic rings. The van der Waals surface area contributed by atoms with E-state index in [0.29, 0.717) is 30.4 Å². The van der Waals surface area contributed by atoms with E-state index in [0.717, 1.165) is 30.5 Å². The standard InChI is InChI=1S/C18H25NO5/c1-12-7-15(8-13(2)17(12)24-11-16(20)21)18(22)19-6-4-5-14(9-19)10-23-3/h7-8,14H,4-6,9-11H2,1-3H3,(H,20,21). The Morgan fingerprint density at radius 1 is 1.29 bits per heavy atom. The lowest BCUT2D eigenvalue weighted by atomic mass is 9.97. The van der Waals surface area contributed by atoms with Gasteiger partial charge in [-0.1, -0.05) is 0 Å². The monoisotopic (exact) mass is 335 g/mol. The molecule has 1 unspecified atom stereocenters. The Bertz CT molecular complexity index is 588. The number of carbonyl (C=O) groups excluding carboxylic acids is 1. The summed E-state index contributed by atoms with van der Waals surface area (Å²) in [5.41, 5.74) is 2.15. The molecule has 1 fully saturated rings. The third kappa shape index (κ3) is 4.47. The maximum atomic E-state index is 12.8. The molecule has 0 aromatic heterocycles. The molecule has 1 amide bonds. The number of hydrogen-bond acceptors (Lipinski definition) is 4. The molecule has 1 aliphatic heterocycles. The molecule has 0 bridgehead atoms. The number of carbonyl (C=O) groups is 2. The molecule has 1 heterocycles. The van der Waals surface area contributed by atoms with E-state index >= 15 is 0 Å². The highest BCUT2D eigenvalue weighted by molar-refractivity contribution is 5.95. The number of methoxy groups -OCH3 is 1. The number of carboxylic acid groups (broad SMARTS) is 1. The minimum Gasteiger partial charge on any atom is -0.481 e. The first-order valence-electron chi connectivity index (χ1n) is 8.16. The summed E-state index contributed by atoms with van der Waals surface area (Å²) in [4.78, 5) is 25.3. The molecule has 24 heavy (non-hydrogen) atoms. The number of rotatable bonds is 6. The van der Waals surface area contributed by atoms with Gasteiger partial charge in [-0.3, -0.25) is 4.79 Å². The van der Waals surface area contributed by atoms with E-state index in [9.17, 15) is 9.59 Å². The number of hydrogen-bond donors (Lipinski definition) is 1. The number of piperidine rings is 1. The normalized spacial score (nSPS) is 17.6. The number of carboxylic acids is 1.